The summed E-state index contributed by atoms with van der Waals surface area (Å²) in [5.41, 5.74) is 10.9. The molecule has 2 aromatic carbocycles. The fourth-order valence-electron chi connectivity index (χ4n) is 7.15. The van der Waals surface area contributed by atoms with Gasteiger partial charge in [0.1, 0.15) is 17.4 Å². The predicted molar refractivity (Wildman–Crippen MR) is 181 cm³/mol. The average Bonchev–Trinajstić information content (AvgIpc) is 3.49. The maximum absolute atomic E-state index is 6.75. The van der Waals surface area contributed by atoms with Gasteiger partial charge in [-0.05, 0) is 62.6 Å². The van der Waals surface area contributed by atoms with Gasteiger partial charge >= 0.3 is 0 Å². The van der Waals surface area contributed by atoms with Crippen molar-refractivity contribution in [3.8, 4) is 11.5 Å². The summed E-state index contributed by atoms with van der Waals surface area (Å²) < 4.78 is 11.4. The van der Waals surface area contributed by atoms with Crippen LogP contribution in [0.5, 0.6) is 11.5 Å². The summed E-state index contributed by atoms with van der Waals surface area (Å²) in [6.45, 7) is 10.9. The zero-order chi connectivity index (χ0) is 31.1. The molecule has 0 bridgehead atoms. The molecule has 5 aromatic heterocycles. The minimum absolute atomic E-state index is 0.0786. The number of aromatic nitrogens is 5. The largest absolute Gasteiger partial charge is 0.453 e. The third-order valence-corrected chi connectivity index (χ3v) is 9.63. The van der Waals surface area contributed by atoms with Crippen molar-refractivity contribution in [1.82, 2.24) is 19.4 Å². The number of pyridine rings is 4. The zero-order valence-corrected chi connectivity index (χ0v) is 26.7. The average molecular weight is 595 g/mol. The minimum Gasteiger partial charge on any atom is -0.453 e. The first-order chi connectivity index (χ1) is 21.8. The molecule has 0 fully saturated rings. The van der Waals surface area contributed by atoms with E-state index >= 15 is 0 Å². The number of imidazole rings is 1. The van der Waals surface area contributed by atoms with E-state index in [1.54, 1.807) is 6.20 Å². The number of rotatable bonds is 4. The molecule has 6 heterocycles. The second-order valence-electron chi connectivity index (χ2n) is 12.4. The molecule has 1 aliphatic rings. The molecular formula is C37H36N7O+. The van der Waals surface area contributed by atoms with E-state index < -0.39 is 0 Å². The van der Waals surface area contributed by atoms with Crippen LogP contribution >= 0.6 is 0 Å². The number of hydrogen-bond donors (Lipinski definition) is 0. The Labute approximate surface area is 262 Å². The molecular weight excluding hydrogens is 558 g/mol. The molecule has 0 spiro atoms. The first-order valence-electron chi connectivity index (χ1n) is 15.5. The topological polar surface area (TPSA) is 62.7 Å². The fourth-order valence-corrected chi connectivity index (χ4v) is 7.15. The SMILES string of the molecule is Cc1c(Oc2cnc3c4c(C(C)C)cccc4n4c5ccccc5[n+](C)c4c3c2C)cncc1N1c2ncccc2N(C)[C@H]1C. The van der Waals surface area contributed by atoms with Crippen LogP contribution in [0.15, 0.2) is 79.4 Å². The third kappa shape index (κ3) is 3.78. The van der Waals surface area contributed by atoms with E-state index in [1.165, 1.54) is 22.0 Å². The summed E-state index contributed by atoms with van der Waals surface area (Å²) in [7, 11) is 4.23. The minimum atomic E-state index is 0.0786. The van der Waals surface area contributed by atoms with E-state index in [0.29, 0.717) is 17.4 Å². The summed E-state index contributed by atoms with van der Waals surface area (Å²) in [5, 5.41) is 2.27. The van der Waals surface area contributed by atoms with Crippen molar-refractivity contribution >= 4 is 55.7 Å². The summed E-state index contributed by atoms with van der Waals surface area (Å²) in [6.07, 6.45) is 7.49. The monoisotopic (exact) mass is 594 g/mol. The van der Waals surface area contributed by atoms with Gasteiger partial charge < -0.3 is 14.5 Å². The van der Waals surface area contributed by atoms with Crippen LogP contribution in [-0.2, 0) is 7.05 Å². The number of aryl methyl sites for hydroxylation is 2. The third-order valence-electron chi connectivity index (χ3n) is 9.63. The summed E-state index contributed by atoms with van der Waals surface area (Å²) in [4.78, 5) is 19.0. The molecule has 224 valence electrons. The lowest BCUT2D eigenvalue weighted by molar-refractivity contribution is -0.617. The predicted octanol–water partition coefficient (Wildman–Crippen LogP) is 7.87. The van der Waals surface area contributed by atoms with Crippen molar-refractivity contribution in [1.29, 1.82) is 0 Å². The molecule has 8 rings (SSSR count). The molecule has 0 radical (unpaired) electrons. The highest BCUT2D eigenvalue weighted by molar-refractivity contribution is 6.13. The quantitative estimate of drug-likeness (QED) is 0.153. The van der Waals surface area contributed by atoms with E-state index in [1.807, 2.05) is 24.7 Å². The van der Waals surface area contributed by atoms with Crippen LogP contribution in [0.25, 0.3) is 38.5 Å². The standard InChI is InChI=1S/C37H36N7O/c1-21(2)25-12-10-15-28-34(25)35-33(37-42(7)26-13-8-9-14-27(26)44(28)37)23(4)32(20-40-35)45-31-19-38-18-30(22(31)3)43-24(5)41(6)29-16-11-17-39-36(29)43/h8-21,24H,1-7H3/q+1/t24-/m1/s1. The number of para-hydroxylation sites is 2. The van der Waals surface area contributed by atoms with Gasteiger partial charge in [0, 0.05) is 24.4 Å². The molecule has 45 heavy (non-hydrogen) atoms. The van der Waals surface area contributed by atoms with Gasteiger partial charge in [-0.2, -0.15) is 4.40 Å². The molecule has 0 N–H and O–H groups in total. The van der Waals surface area contributed by atoms with Crippen molar-refractivity contribution in [3.05, 3.63) is 96.1 Å². The molecule has 7 aromatic rings. The second kappa shape index (κ2) is 9.89. The number of anilines is 3. The first-order valence-corrected chi connectivity index (χ1v) is 15.5. The van der Waals surface area contributed by atoms with Gasteiger partial charge in [0.15, 0.2) is 22.6 Å². The highest BCUT2D eigenvalue weighted by Crippen LogP contribution is 2.45. The van der Waals surface area contributed by atoms with E-state index in [2.05, 4.69) is 121 Å². The van der Waals surface area contributed by atoms with Crippen LogP contribution in [0.2, 0.25) is 0 Å². The van der Waals surface area contributed by atoms with Crippen molar-refractivity contribution < 1.29 is 9.30 Å². The summed E-state index contributed by atoms with van der Waals surface area (Å²) in [6, 6.07) is 19.3. The van der Waals surface area contributed by atoms with E-state index in [-0.39, 0.29) is 6.17 Å². The highest BCUT2D eigenvalue weighted by Gasteiger charge is 2.34. The van der Waals surface area contributed by atoms with E-state index in [4.69, 9.17) is 14.7 Å². The van der Waals surface area contributed by atoms with Gasteiger partial charge in [-0.15, -0.1) is 0 Å². The molecule has 0 saturated heterocycles. The Morgan fingerprint density at radius 2 is 1.60 bits per heavy atom. The van der Waals surface area contributed by atoms with Gasteiger partial charge in [0.25, 0.3) is 5.65 Å². The van der Waals surface area contributed by atoms with Crippen molar-refractivity contribution in [3.63, 3.8) is 0 Å². The molecule has 8 nitrogen and oxygen atoms in total. The van der Waals surface area contributed by atoms with Crippen molar-refractivity contribution in [2.24, 2.45) is 7.05 Å². The zero-order valence-electron chi connectivity index (χ0n) is 26.7. The van der Waals surface area contributed by atoms with Crippen LogP contribution in [0.1, 0.15) is 43.4 Å². The highest BCUT2D eigenvalue weighted by atomic mass is 16.5. The number of hydrogen-bond acceptors (Lipinski definition) is 6. The Bertz CT molecular complexity index is 2320. The lowest BCUT2D eigenvalue weighted by atomic mass is 9.95. The Hall–Kier alpha value is -5.24. The van der Waals surface area contributed by atoms with Crippen LogP contribution < -0.4 is 19.1 Å². The van der Waals surface area contributed by atoms with Gasteiger partial charge in [0.2, 0.25) is 0 Å². The maximum atomic E-state index is 6.75. The van der Waals surface area contributed by atoms with E-state index in [0.717, 1.165) is 50.4 Å². The molecule has 0 amide bonds. The summed E-state index contributed by atoms with van der Waals surface area (Å²) in [5.74, 6) is 2.66. The van der Waals surface area contributed by atoms with Crippen LogP contribution in [0.3, 0.4) is 0 Å². The molecule has 0 saturated carbocycles. The maximum Gasteiger partial charge on any atom is 0.297 e. The number of nitrogens with zero attached hydrogens (tertiary/aromatic N) is 7. The van der Waals surface area contributed by atoms with Crippen LogP contribution in [-0.4, -0.2) is 32.6 Å². The molecule has 8 heteroatoms. The summed E-state index contributed by atoms with van der Waals surface area (Å²) >= 11 is 0. The number of fused-ring (bicyclic) bond motifs is 9. The van der Waals surface area contributed by atoms with Gasteiger partial charge in [-0.25, -0.2) is 9.55 Å². The lowest BCUT2D eigenvalue weighted by Gasteiger charge is -2.28. The van der Waals surface area contributed by atoms with Crippen molar-refractivity contribution in [2.45, 2.75) is 46.7 Å². The lowest BCUT2D eigenvalue weighted by Crippen LogP contribution is -2.36. The normalized spacial score (nSPS) is 14.9. The fraction of sp³-hybridized carbons (Fsp3) is 0.243. The van der Waals surface area contributed by atoms with Gasteiger partial charge in [-0.3, -0.25) is 9.97 Å². The molecule has 0 unspecified atom stereocenters. The van der Waals surface area contributed by atoms with Crippen molar-refractivity contribution in [2.75, 3.05) is 16.8 Å². The second-order valence-corrected chi connectivity index (χ2v) is 12.4. The van der Waals surface area contributed by atoms with Gasteiger partial charge in [-0.1, -0.05) is 38.1 Å². The smallest absolute Gasteiger partial charge is 0.297 e. The Morgan fingerprint density at radius 1 is 0.822 bits per heavy atom. The number of ether oxygens (including phenoxy) is 1. The van der Waals surface area contributed by atoms with Gasteiger partial charge in [0.05, 0.1) is 53.3 Å². The molecule has 1 atom stereocenters. The first kappa shape index (κ1) is 27.3. The number of benzene rings is 2. The molecule has 1 aliphatic heterocycles. The van der Waals surface area contributed by atoms with Crippen LogP contribution in [0, 0.1) is 13.8 Å². The van der Waals surface area contributed by atoms with E-state index in [9.17, 15) is 0 Å². The Balaban J connectivity index is 1.35. The van der Waals surface area contributed by atoms with Crippen LogP contribution in [0.4, 0.5) is 17.2 Å². The Kier molecular flexibility index (Phi) is 6.00. The Morgan fingerprint density at radius 3 is 2.42 bits per heavy atom. The molecule has 0 aliphatic carbocycles.